The number of hydrogen-bond donors (Lipinski definition) is 1. The molecule has 7 nitrogen and oxygen atoms in total. The van der Waals surface area contributed by atoms with Gasteiger partial charge in [0, 0.05) is 31.2 Å². The van der Waals surface area contributed by atoms with E-state index in [-0.39, 0.29) is 6.03 Å². The predicted octanol–water partition coefficient (Wildman–Crippen LogP) is 1.92. The summed E-state index contributed by atoms with van der Waals surface area (Å²) < 4.78 is 1.84. The summed E-state index contributed by atoms with van der Waals surface area (Å²) >= 11 is 1.65. The second-order valence-electron chi connectivity index (χ2n) is 5.82. The minimum absolute atomic E-state index is 0.000612. The largest absolute Gasteiger partial charge is 0.332 e. The van der Waals surface area contributed by atoms with Crippen LogP contribution in [0.3, 0.4) is 0 Å². The Morgan fingerprint density at radius 2 is 2.43 bits per heavy atom. The molecule has 0 bridgehead atoms. The molecule has 0 radical (unpaired) electrons. The summed E-state index contributed by atoms with van der Waals surface area (Å²) in [5.74, 6) is 0.433. The smallest absolute Gasteiger partial charge is 0.317 e. The highest BCUT2D eigenvalue weighted by molar-refractivity contribution is 7.09. The van der Waals surface area contributed by atoms with Crippen molar-refractivity contribution >= 4 is 17.4 Å². The molecule has 3 heterocycles. The van der Waals surface area contributed by atoms with Gasteiger partial charge < -0.3 is 10.2 Å². The third-order valence-corrected chi connectivity index (χ3v) is 5.09. The van der Waals surface area contributed by atoms with Crippen molar-refractivity contribution in [2.45, 2.75) is 39.3 Å². The average Bonchev–Trinajstić information content (AvgIpc) is 3.24. The molecule has 2 aromatic heterocycles. The van der Waals surface area contributed by atoms with Crippen LogP contribution in [0.1, 0.15) is 30.5 Å². The summed E-state index contributed by atoms with van der Waals surface area (Å²) in [4.78, 5) is 18.7. The van der Waals surface area contributed by atoms with Crippen molar-refractivity contribution in [1.82, 2.24) is 30.2 Å². The van der Waals surface area contributed by atoms with Crippen LogP contribution in [0.25, 0.3) is 0 Å². The first kappa shape index (κ1) is 15.9. The fourth-order valence-corrected chi connectivity index (χ4v) is 3.61. The Bertz CT molecular complexity index is 626. The number of carbonyl (C=O) groups excluding carboxylic acids is 1. The van der Waals surface area contributed by atoms with E-state index in [0.29, 0.717) is 12.5 Å². The number of aryl methyl sites for hydroxylation is 1. The van der Waals surface area contributed by atoms with Crippen LogP contribution in [-0.4, -0.2) is 44.0 Å². The molecular weight excluding hydrogens is 312 g/mol. The molecule has 8 heteroatoms. The molecule has 2 aromatic rings. The van der Waals surface area contributed by atoms with Crippen molar-refractivity contribution in [3.63, 3.8) is 0 Å². The summed E-state index contributed by atoms with van der Waals surface area (Å²) in [6.07, 6.45) is 6.64. The van der Waals surface area contributed by atoms with Gasteiger partial charge in [-0.05, 0) is 25.2 Å². The third-order valence-electron chi connectivity index (χ3n) is 4.05. The maximum absolute atomic E-state index is 12.4. The van der Waals surface area contributed by atoms with Crippen molar-refractivity contribution < 1.29 is 4.79 Å². The average molecular weight is 334 g/mol. The van der Waals surface area contributed by atoms with E-state index in [1.54, 1.807) is 17.5 Å². The van der Waals surface area contributed by atoms with Gasteiger partial charge in [0.2, 0.25) is 0 Å². The minimum Gasteiger partial charge on any atom is -0.332 e. The number of carbonyl (C=O) groups is 1. The number of nitrogens with zero attached hydrogens (tertiary/aromatic N) is 5. The topological polar surface area (TPSA) is 75.9 Å². The van der Waals surface area contributed by atoms with Gasteiger partial charge in [0.1, 0.15) is 0 Å². The highest BCUT2D eigenvalue weighted by atomic mass is 32.1. The maximum Gasteiger partial charge on any atom is 0.317 e. The lowest BCUT2D eigenvalue weighted by atomic mass is 9.98. The van der Waals surface area contributed by atoms with Crippen LogP contribution in [0.4, 0.5) is 4.79 Å². The number of aromatic nitrogens is 4. The van der Waals surface area contributed by atoms with E-state index < -0.39 is 0 Å². The van der Waals surface area contributed by atoms with Crippen molar-refractivity contribution in [2.24, 2.45) is 5.92 Å². The van der Waals surface area contributed by atoms with Gasteiger partial charge in [-0.25, -0.2) is 9.78 Å². The number of urea groups is 1. The van der Waals surface area contributed by atoms with Gasteiger partial charge in [0.15, 0.2) is 0 Å². The lowest BCUT2D eigenvalue weighted by molar-refractivity contribution is 0.157. The van der Waals surface area contributed by atoms with Crippen LogP contribution >= 0.6 is 11.3 Å². The van der Waals surface area contributed by atoms with E-state index in [1.807, 2.05) is 21.2 Å². The van der Waals surface area contributed by atoms with Crippen LogP contribution in [0.2, 0.25) is 0 Å². The minimum atomic E-state index is -0.000612. The summed E-state index contributed by atoms with van der Waals surface area (Å²) in [6, 6.07) is -0.000612. The molecule has 1 unspecified atom stereocenters. The molecule has 124 valence electrons. The number of piperidine rings is 1. The van der Waals surface area contributed by atoms with E-state index >= 15 is 0 Å². The molecule has 0 saturated carbocycles. The highest BCUT2D eigenvalue weighted by Crippen LogP contribution is 2.18. The van der Waals surface area contributed by atoms with Crippen LogP contribution in [0.15, 0.2) is 17.8 Å². The predicted molar refractivity (Wildman–Crippen MR) is 88.0 cm³/mol. The molecule has 1 N–H and O–H groups in total. The van der Waals surface area contributed by atoms with Crippen molar-refractivity contribution in [3.05, 3.63) is 28.5 Å². The van der Waals surface area contributed by atoms with Crippen LogP contribution in [0, 0.1) is 5.92 Å². The molecule has 0 aromatic carbocycles. The van der Waals surface area contributed by atoms with Gasteiger partial charge in [-0.2, -0.15) is 0 Å². The molecule has 3 rings (SSSR count). The van der Waals surface area contributed by atoms with Crippen LogP contribution in [0.5, 0.6) is 0 Å². The molecular formula is C15H22N6OS. The second-order valence-corrected chi connectivity index (χ2v) is 6.77. The fraction of sp³-hybridized carbons (Fsp3) is 0.600. The van der Waals surface area contributed by atoms with Gasteiger partial charge in [-0.15, -0.1) is 16.4 Å². The lowest BCUT2D eigenvalue weighted by Gasteiger charge is -2.32. The summed E-state index contributed by atoms with van der Waals surface area (Å²) in [7, 11) is 0. The molecule has 1 aliphatic heterocycles. The number of amides is 2. The zero-order valence-electron chi connectivity index (χ0n) is 13.3. The van der Waals surface area contributed by atoms with E-state index in [9.17, 15) is 4.79 Å². The second kappa shape index (κ2) is 7.54. The summed E-state index contributed by atoms with van der Waals surface area (Å²) in [6.45, 7) is 4.99. The van der Waals surface area contributed by atoms with Gasteiger partial charge in [-0.1, -0.05) is 12.1 Å². The van der Waals surface area contributed by atoms with E-state index in [2.05, 4.69) is 27.5 Å². The monoisotopic (exact) mass is 334 g/mol. The Morgan fingerprint density at radius 1 is 1.52 bits per heavy atom. The maximum atomic E-state index is 12.4. The Balaban J connectivity index is 1.48. The number of nitrogens with one attached hydrogen (secondary N) is 1. The Morgan fingerprint density at radius 3 is 3.17 bits per heavy atom. The van der Waals surface area contributed by atoms with Crippen molar-refractivity contribution in [3.8, 4) is 0 Å². The summed E-state index contributed by atoms with van der Waals surface area (Å²) in [5, 5.41) is 13.9. The van der Waals surface area contributed by atoms with Gasteiger partial charge in [0.25, 0.3) is 0 Å². The number of thiazole rings is 1. The quantitative estimate of drug-likeness (QED) is 0.906. The fourth-order valence-electron chi connectivity index (χ4n) is 2.86. The van der Waals surface area contributed by atoms with E-state index in [0.717, 1.165) is 49.6 Å². The first-order chi connectivity index (χ1) is 11.2. The van der Waals surface area contributed by atoms with Crippen molar-refractivity contribution in [1.29, 1.82) is 0 Å². The molecule has 1 saturated heterocycles. The third kappa shape index (κ3) is 4.28. The highest BCUT2D eigenvalue weighted by Gasteiger charge is 2.24. The molecule has 0 aliphatic carbocycles. The van der Waals surface area contributed by atoms with E-state index in [4.69, 9.17) is 0 Å². The molecule has 23 heavy (non-hydrogen) atoms. The number of likely N-dealkylation sites (tertiary alicyclic amines) is 1. The molecule has 0 spiro atoms. The SMILES string of the molecule is CCc1nc(CNC(=O)N2CCCC(Cn3ccnn3)C2)cs1. The molecule has 1 fully saturated rings. The van der Waals surface area contributed by atoms with Gasteiger partial charge in [-0.3, -0.25) is 4.68 Å². The molecule has 1 aliphatic rings. The normalized spacial score (nSPS) is 18.1. The number of rotatable bonds is 5. The van der Waals surface area contributed by atoms with Crippen LogP contribution in [-0.2, 0) is 19.5 Å². The summed E-state index contributed by atoms with van der Waals surface area (Å²) in [5.41, 5.74) is 0.941. The Kier molecular flexibility index (Phi) is 5.22. The first-order valence-electron chi connectivity index (χ1n) is 8.04. The first-order valence-corrected chi connectivity index (χ1v) is 8.92. The van der Waals surface area contributed by atoms with Crippen molar-refractivity contribution in [2.75, 3.05) is 13.1 Å². The molecule has 2 amide bonds. The van der Waals surface area contributed by atoms with Crippen LogP contribution < -0.4 is 5.32 Å². The van der Waals surface area contributed by atoms with Gasteiger partial charge >= 0.3 is 6.03 Å². The Labute approximate surface area is 139 Å². The van der Waals surface area contributed by atoms with Gasteiger partial charge in [0.05, 0.1) is 23.4 Å². The lowest BCUT2D eigenvalue weighted by Crippen LogP contribution is -2.46. The standard InChI is InChI=1S/C15H22N6OS/c1-2-14-18-13(11-23-14)8-16-15(22)20-6-3-4-12(9-20)10-21-7-5-17-19-21/h5,7,11-12H,2-4,6,8-10H2,1H3,(H,16,22). The molecule has 1 atom stereocenters. The Hall–Kier alpha value is -1.96. The zero-order chi connectivity index (χ0) is 16.1. The zero-order valence-corrected chi connectivity index (χ0v) is 14.1. The number of hydrogen-bond acceptors (Lipinski definition) is 5. The van der Waals surface area contributed by atoms with E-state index in [1.165, 1.54) is 0 Å².